The summed E-state index contributed by atoms with van der Waals surface area (Å²) in [5.74, 6) is 3.19. The topological polar surface area (TPSA) is 50.1 Å². The summed E-state index contributed by atoms with van der Waals surface area (Å²) in [5.41, 5.74) is 1.41. The van der Waals surface area contributed by atoms with Gasteiger partial charge < -0.3 is 4.90 Å². The average Bonchev–Trinajstić information content (AvgIpc) is 3.39. The summed E-state index contributed by atoms with van der Waals surface area (Å²) < 4.78 is 1.73. The lowest BCUT2D eigenvalue weighted by Crippen LogP contribution is -2.29. The molecule has 1 aromatic carbocycles. The Balaban J connectivity index is 1.21. The van der Waals surface area contributed by atoms with Gasteiger partial charge in [0.25, 0.3) is 0 Å². The fourth-order valence-corrected chi connectivity index (χ4v) is 4.26. The van der Waals surface area contributed by atoms with E-state index in [0.717, 1.165) is 43.1 Å². The van der Waals surface area contributed by atoms with Crippen molar-refractivity contribution < 1.29 is 0 Å². The van der Waals surface area contributed by atoms with Crippen molar-refractivity contribution in [3.8, 4) is 5.82 Å². The standard InChI is InChI=1S/C20H22N6/c1-2-5-16(6-3-1)11-24-12-17-14-25(15-18(17)13-24)19-7-8-20(23-22-19)26-10-4-9-21-26/h1-10,17-18H,11-15H2/t17-,18+. The molecule has 5 rings (SSSR count). The molecular formula is C20H22N6. The van der Waals surface area contributed by atoms with E-state index in [1.165, 1.54) is 18.7 Å². The number of anilines is 1. The summed E-state index contributed by atoms with van der Waals surface area (Å²) in [4.78, 5) is 4.98. The number of rotatable bonds is 4. The van der Waals surface area contributed by atoms with Gasteiger partial charge in [-0.1, -0.05) is 30.3 Å². The highest BCUT2D eigenvalue weighted by atomic mass is 15.4. The molecule has 0 unspecified atom stereocenters. The molecule has 0 radical (unpaired) electrons. The first-order valence-electron chi connectivity index (χ1n) is 9.20. The van der Waals surface area contributed by atoms with Gasteiger partial charge in [-0.2, -0.15) is 5.10 Å². The Labute approximate surface area is 153 Å². The largest absolute Gasteiger partial charge is 0.354 e. The fourth-order valence-electron chi connectivity index (χ4n) is 4.26. The molecule has 2 fully saturated rings. The fraction of sp³-hybridized carbons (Fsp3) is 0.350. The first-order chi connectivity index (χ1) is 12.8. The minimum atomic E-state index is 0.728. The Hall–Kier alpha value is -2.73. The van der Waals surface area contributed by atoms with E-state index in [1.54, 1.807) is 10.9 Å². The summed E-state index contributed by atoms with van der Waals surface area (Å²) in [7, 11) is 0. The van der Waals surface area contributed by atoms with E-state index >= 15 is 0 Å². The molecule has 3 aromatic rings. The molecule has 0 saturated carbocycles. The Morgan fingerprint density at radius 2 is 1.54 bits per heavy atom. The number of fused-ring (bicyclic) bond motifs is 1. The van der Waals surface area contributed by atoms with E-state index in [-0.39, 0.29) is 0 Å². The van der Waals surface area contributed by atoms with Gasteiger partial charge in [0.1, 0.15) is 0 Å². The van der Waals surface area contributed by atoms with Gasteiger partial charge >= 0.3 is 0 Å². The van der Waals surface area contributed by atoms with Crippen LogP contribution >= 0.6 is 0 Å². The van der Waals surface area contributed by atoms with Crippen LogP contribution < -0.4 is 4.90 Å². The van der Waals surface area contributed by atoms with Gasteiger partial charge in [0.2, 0.25) is 0 Å². The molecular weight excluding hydrogens is 324 g/mol. The van der Waals surface area contributed by atoms with Crippen molar-refractivity contribution in [3.63, 3.8) is 0 Å². The van der Waals surface area contributed by atoms with Crippen LogP contribution in [-0.2, 0) is 6.54 Å². The van der Waals surface area contributed by atoms with Gasteiger partial charge in [-0.25, -0.2) is 4.68 Å². The first-order valence-corrected chi connectivity index (χ1v) is 9.20. The lowest BCUT2D eigenvalue weighted by atomic mass is 10.0. The molecule has 0 amide bonds. The van der Waals surface area contributed by atoms with Gasteiger partial charge in [0.15, 0.2) is 11.6 Å². The Morgan fingerprint density at radius 3 is 2.19 bits per heavy atom. The number of nitrogens with zero attached hydrogens (tertiary/aromatic N) is 6. The zero-order chi connectivity index (χ0) is 17.3. The number of hydrogen-bond donors (Lipinski definition) is 0. The summed E-state index contributed by atoms with van der Waals surface area (Å²) in [5, 5.41) is 13.0. The minimum Gasteiger partial charge on any atom is -0.354 e. The van der Waals surface area contributed by atoms with Gasteiger partial charge in [-0.15, -0.1) is 10.2 Å². The van der Waals surface area contributed by atoms with E-state index in [2.05, 4.69) is 61.5 Å². The van der Waals surface area contributed by atoms with Crippen LogP contribution in [0.25, 0.3) is 5.82 Å². The summed E-state index contributed by atoms with van der Waals surface area (Å²) in [6.07, 6.45) is 3.63. The predicted octanol–water partition coefficient (Wildman–Crippen LogP) is 2.23. The summed E-state index contributed by atoms with van der Waals surface area (Å²) in [6, 6.07) is 16.7. The van der Waals surface area contributed by atoms with Crippen LogP contribution in [0.1, 0.15) is 5.56 Å². The van der Waals surface area contributed by atoms with Gasteiger partial charge in [-0.05, 0) is 35.6 Å². The van der Waals surface area contributed by atoms with Crippen LogP contribution in [0.3, 0.4) is 0 Å². The molecule has 2 atom stereocenters. The summed E-state index contributed by atoms with van der Waals surface area (Å²) in [6.45, 7) is 5.56. The maximum Gasteiger partial charge on any atom is 0.175 e. The maximum atomic E-state index is 4.43. The molecule has 26 heavy (non-hydrogen) atoms. The summed E-state index contributed by atoms with van der Waals surface area (Å²) >= 11 is 0. The third-order valence-electron chi connectivity index (χ3n) is 5.51. The molecule has 6 heteroatoms. The number of aromatic nitrogens is 4. The molecule has 0 N–H and O–H groups in total. The van der Waals surface area contributed by atoms with Crippen LogP contribution in [0.15, 0.2) is 60.9 Å². The number of hydrogen-bond acceptors (Lipinski definition) is 5. The quantitative estimate of drug-likeness (QED) is 0.725. The highest BCUT2D eigenvalue weighted by molar-refractivity contribution is 5.41. The van der Waals surface area contributed by atoms with Gasteiger partial charge in [0.05, 0.1) is 0 Å². The van der Waals surface area contributed by atoms with Crippen molar-refractivity contribution in [2.75, 3.05) is 31.1 Å². The lowest BCUT2D eigenvalue weighted by molar-refractivity contribution is 0.309. The zero-order valence-electron chi connectivity index (χ0n) is 14.6. The monoisotopic (exact) mass is 346 g/mol. The molecule has 0 spiro atoms. The van der Waals surface area contributed by atoms with E-state index in [4.69, 9.17) is 0 Å². The van der Waals surface area contributed by atoms with E-state index in [0.29, 0.717) is 0 Å². The van der Waals surface area contributed by atoms with Crippen LogP contribution in [-0.4, -0.2) is 51.1 Å². The molecule has 0 bridgehead atoms. The Bertz CT molecular complexity index is 832. The minimum absolute atomic E-state index is 0.728. The highest BCUT2D eigenvalue weighted by Gasteiger charge is 2.40. The average molecular weight is 346 g/mol. The van der Waals surface area contributed by atoms with Gasteiger partial charge in [-0.3, -0.25) is 4.90 Å². The molecule has 2 aliphatic heterocycles. The molecule has 132 valence electrons. The second-order valence-electron chi connectivity index (χ2n) is 7.31. The first kappa shape index (κ1) is 15.5. The molecule has 4 heterocycles. The lowest BCUT2D eigenvalue weighted by Gasteiger charge is -2.22. The van der Waals surface area contributed by atoms with E-state index in [9.17, 15) is 0 Å². The van der Waals surface area contributed by atoms with Crippen molar-refractivity contribution >= 4 is 5.82 Å². The van der Waals surface area contributed by atoms with Crippen LogP contribution in [0.2, 0.25) is 0 Å². The van der Waals surface area contributed by atoms with Gasteiger partial charge in [0, 0.05) is 45.1 Å². The second-order valence-corrected chi connectivity index (χ2v) is 7.31. The predicted molar refractivity (Wildman–Crippen MR) is 100 cm³/mol. The molecule has 2 aliphatic rings. The van der Waals surface area contributed by atoms with Crippen molar-refractivity contribution in [1.82, 2.24) is 24.9 Å². The normalized spacial score (nSPS) is 22.7. The third-order valence-corrected chi connectivity index (χ3v) is 5.51. The van der Waals surface area contributed by atoms with Crippen molar-refractivity contribution in [3.05, 3.63) is 66.5 Å². The van der Waals surface area contributed by atoms with Crippen LogP contribution in [0.4, 0.5) is 5.82 Å². The van der Waals surface area contributed by atoms with Crippen LogP contribution in [0.5, 0.6) is 0 Å². The second kappa shape index (κ2) is 6.53. The van der Waals surface area contributed by atoms with E-state index < -0.39 is 0 Å². The highest BCUT2D eigenvalue weighted by Crippen LogP contribution is 2.33. The molecule has 2 saturated heterocycles. The van der Waals surface area contributed by atoms with Crippen LogP contribution in [0, 0.1) is 11.8 Å². The molecule has 0 aliphatic carbocycles. The molecule has 2 aromatic heterocycles. The number of benzene rings is 1. The molecule has 6 nitrogen and oxygen atoms in total. The third kappa shape index (κ3) is 2.97. The van der Waals surface area contributed by atoms with Crippen molar-refractivity contribution in [2.45, 2.75) is 6.54 Å². The Morgan fingerprint density at radius 1 is 0.808 bits per heavy atom. The van der Waals surface area contributed by atoms with E-state index in [1.807, 2.05) is 18.3 Å². The van der Waals surface area contributed by atoms with Crippen molar-refractivity contribution in [1.29, 1.82) is 0 Å². The SMILES string of the molecule is c1ccc(CN2C[C@@H]3CN(c4ccc(-n5cccn5)nn4)C[C@@H]3C2)cc1. The number of likely N-dealkylation sites (tertiary alicyclic amines) is 1. The van der Waals surface area contributed by atoms with Crippen molar-refractivity contribution in [2.24, 2.45) is 11.8 Å². The Kier molecular flexibility index (Phi) is 3.90. The zero-order valence-corrected chi connectivity index (χ0v) is 14.6. The smallest absolute Gasteiger partial charge is 0.175 e. The maximum absolute atomic E-state index is 4.43.